The summed E-state index contributed by atoms with van der Waals surface area (Å²) in [4.78, 5) is 0. The minimum Gasteiger partial charge on any atom is -0.508 e. The minimum absolute atomic E-state index is 0.231. The molecule has 0 saturated heterocycles. The zero-order valence-electron chi connectivity index (χ0n) is 9.55. The van der Waals surface area contributed by atoms with Crippen molar-refractivity contribution < 1.29 is 14.9 Å². The molecule has 0 spiro atoms. The van der Waals surface area contributed by atoms with E-state index in [1.807, 2.05) is 24.3 Å². The van der Waals surface area contributed by atoms with E-state index in [2.05, 4.69) is 0 Å². The molecule has 3 heteroatoms. The van der Waals surface area contributed by atoms with E-state index in [0.29, 0.717) is 6.61 Å². The SMILES string of the molecule is COCc1cc(-c2ccc(O)cc2)ccc1O. The van der Waals surface area contributed by atoms with E-state index < -0.39 is 0 Å². The van der Waals surface area contributed by atoms with Crippen LogP contribution in [-0.4, -0.2) is 17.3 Å². The molecule has 0 unspecified atom stereocenters. The molecule has 2 aromatic carbocycles. The average Bonchev–Trinajstić information content (AvgIpc) is 2.33. The highest BCUT2D eigenvalue weighted by molar-refractivity contribution is 5.66. The quantitative estimate of drug-likeness (QED) is 0.852. The van der Waals surface area contributed by atoms with Crippen LogP contribution in [-0.2, 0) is 11.3 Å². The summed E-state index contributed by atoms with van der Waals surface area (Å²) < 4.78 is 5.02. The van der Waals surface area contributed by atoms with Crippen LogP contribution in [0.2, 0.25) is 0 Å². The molecule has 0 saturated carbocycles. The third-order valence-electron chi connectivity index (χ3n) is 2.58. The number of phenolic OH excluding ortho intramolecular Hbond substituents is 2. The number of ether oxygens (including phenoxy) is 1. The topological polar surface area (TPSA) is 49.7 Å². The molecule has 88 valence electrons. The highest BCUT2D eigenvalue weighted by Crippen LogP contribution is 2.27. The molecule has 3 nitrogen and oxygen atoms in total. The second kappa shape index (κ2) is 4.89. The molecule has 0 amide bonds. The fourth-order valence-electron chi connectivity index (χ4n) is 1.69. The Morgan fingerprint density at radius 3 is 2.24 bits per heavy atom. The zero-order valence-corrected chi connectivity index (χ0v) is 9.55. The van der Waals surface area contributed by atoms with Crippen LogP contribution in [0.25, 0.3) is 11.1 Å². The van der Waals surface area contributed by atoms with Crippen LogP contribution in [0.15, 0.2) is 42.5 Å². The molecule has 0 aliphatic carbocycles. The van der Waals surface area contributed by atoms with Gasteiger partial charge in [0.05, 0.1) is 6.61 Å². The number of hydrogen-bond donors (Lipinski definition) is 2. The third-order valence-corrected chi connectivity index (χ3v) is 2.58. The Hall–Kier alpha value is -2.00. The molecule has 0 aliphatic heterocycles. The monoisotopic (exact) mass is 230 g/mol. The fourth-order valence-corrected chi connectivity index (χ4v) is 1.69. The van der Waals surface area contributed by atoms with Crippen molar-refractivity contribution in [2.24, 2.45) is 0 Å². The number of aromatic hydroxyl groups is 2. The van der Waals surface area contributed by atoms with Crippen molar-refractivity contribution in [3.05, 3.63) is 48.0 Å². The molecule has 0 atom stereocenters. The predicted octanol–water partition coefficient (Wildman–Crippen LogP) is 2.91. The molecule has 0 fully saturated rings. The van der Waals surface area contributed by atoms with Crippen LogP contribution in [0.4, 0.5) is 0 Å². The van der Waals surface area contributed by atoms with Crippen LogP contribution >= 0.6 is 0 Å². The largest absolute Gasteiger partial charge is 0.508 e. The fraction of sp³-hybridized carbons (Fsp3) is 0.143. The van der Waals surface area contributed by atoms with Crippen LogP contribution in [0.5, 0.6) is 11.5 Å². The predicted molar refractivity (Wildman–Crippen MR) is 65.9 cm³/mol. The average molecular weight is 230 g/mol. The molecule has 17 heavy (non-hydrogen) atoms. The molecule has 0 radical (unpaired) electrons. The maximum atomic E-state index is 9.64. The highest BCUT2D eigenvalue weighted by atomic mass is 16.5. The van der Waals surface area contributed by atoms with Gasteiger partial charge in [-0.3, -0.25) is 0 Å². The molecule has 2 aromatic rings. The van der Waals surface area contributed by atoms with Crippen molar-refractivity contribution in [2.75, 3.05) is 7.11 Å². The lowest BCUT2D eigenvalue weighted by Gasteiger charge is -2.07. The Kier molecular flexibility index (Phi) is 3.30. The van der Waals surface area contributed by atoms with Gasteiger partial charge in [-0.15, -0.1) is 0 Å². The first kappa shape index (κ1) is 11.5. The Morgan fingerprint density at radius 1 is 0.941 bits per heavy atom. The second-order valence-corrected chi connectivity index (χ2v) is 3.82. The Balaban J connectivity index is 2.39. The molecule has 0 heterocycles. The molecule has 0 aliphatic rings. The summed E-state index contributed by atoms with van der Waals surface area (Å²) in [7, 11) is 1.59. The molecular formula is C14H14O3. The first-order chi connectivity index (χ1) is 8.20. The molecule has 0 bridgehead atoms. The van der Waals surface area contributed by atoms with Gasteiger partial charge in [0, 0.05) is 12.7 Å². The standard InChI is InChI=1S/C14H14O3/c1-17-9-12-8-11(4-7-14(12)16)10-2-5-13(15)6-3-10/h2-8,15-16H,9H2,1H3. The van der Waals surface area contributed by atoms with E-state index in [-0.39, 0.29) is 11.5 Å². The summed E-state index contributed by atoms with van der Waals surface area (Å²) in [6.07, 6.45) is 0. The van der Waals surface area contributed by atoms with Crippen molar-refractivity contribution in [3.8, 4) is 22.6 Å². The Bertz CT molecular complexity index is 503. The smallest absolute Gasteiger partial charge is 0.121 e. The minimum atomic E-state index is 0.231. The molecule has 2 N–H and O–H groups in total. The maximum Gasteiger partial charge on any atom is 0.121 e. The van der Waals surface area contributed by atoms with E-state index in [1.165, 1.54) is 0 Å². The number of phenols is 2. The summed E-state index contributed by atoms with van der Waals surface area (Å²) in [5, 5.41) is 18.9. The summed E-state index contributed by atoms with van der Waals surface area (Å²) in [6, 6.07) is 12.3. The van der Waals surface area contributed by atoms with E-state index in [9.17, 15) is 10.2 Å². The lowest BCUT2D eigenvalue weighted by molar-refractivity contribution is 0.182. The van der Waals surface area contributed by atoms with Crippen LogP contribution in [0.3, 0.4) is 0 Å². The van der Waals surface area contributed by atoms with Gasteiger partial charge in [0.2, 0.25) is 0 Å². The highest BCUT2D eigenvalue weighted by Gasteiger charge is 2.04. The zero-order chi connectivity index (χ0) is 12.3. The van der Waals surface area contributed by atoms with Gasteiger partial charge in [-0.1, -0.05) is 18.2 Å². The summed E-state index contributed by atoms with van der Waals surface area (Å²) in [5.41, 5.74) is 2.72. The van der Waals surface area contributed by atoms with Gasteiger partial charge in [0.15, 0.2) is 0 Å². The molecular weight excluding hydrogens is 216 g/mol. The van der Waals surface area contributed by atoms with Gasteiger partial charge in [-0.2, -0.15) is 0 Å². The van der Waals surface area contributed by atoms with Crippen molar-refractivity contribution >= 4 is 0 Å². The van der Waals surface area contributed by atoms with E-state index in [0.717, 1.165) is 16.7 Å². The third kappa shape index (κ3) is 2.57. The number of hydrogen-bond acceptors (Lipinski definition) is 3. The van der Waals surface area contributed by atoms with Crippen LogP contribution in [0, 0.1) is 0 Å². The molecule has 2 rings (SSSR count). The van der Waals surface area contributed by atoms with Gasteiger partial charge in [-0.05, 0) is 35.4 Å². The number of methoxy groups -OCH3 is 1. The van der Waals surface area contributed by atoms with Gasteiger partial charge in [0.1, 0.15) is 11.5 Å². The summed E-state index contributed by atoms with van der Waals surface area (Å²) in [6.45, 7) is 0.373. The van der Waals surface area contributed by atoms with E-state index >= 15 is 0 Å². The normalized spacial score (nSPS) is 10.4. The maximum absolute atomic E-state index is 9.64. The van der Waals surface area contributed by atoms with Gasteiger partial charge < -0.3 is 14.9 Å². The first-order valence-corrected chi connectivity index (χ1v) is 5.31. The van der Waals surface area contributed by atoms with Crippen molar-refractivity contribution in [2.45, 2.75) is 6.61 Å². The summed E-state index contributed by atoms with van der Waals surface area (Å²) in [5.74, 6) is 0.471. The van der Waals surface area contributed by atoms with Crippen molar-refractivity contribution in [1.82, 2.24) is 0 Å². The number of benzene rings is 2. The lowest BCUT2D eigenvalue weighted by Crippen LogP contribution is -1.89. The Morgan fingerprint density at radius 2 is 1.59 bits per heavy atom. The van der Waals surface area contributed by atoms with Gasteiger partial charge in [0.25, 0.3) is 0 Å². The van der Waals surface area contributed by atoms with Gasteiger partial charge in [-0.25, -0.2) is 0 Å². The van der Waals surface area contributed by atoms with Crippen LogP contribution < -0.4 is 0 Å². The van der Waals surface area contributed by atoms with Crippen LogP contribution in [0.1, 0.15) is 5.56 Å². The lowest BCUT2D eigenvalue weighted by atomic mass is 10.0. The summed E-state index contributed by atoms with van der Waals surface area (Å²) >= 11 is 0. The van der Waals surface area contributed by atoms with E-state index in [4.69, 9.17) is 4.74 Å². The second-order valence-electron chi connectivity index (χ2n) is 3.82. The Labute approximate surface area is 99.9 Å². The number of rotatable bonds is 3. The van der Waals surface area contributed by atoms with Crippen molar-refractivity contribution in [1.29, 1.82) is 0 Å². The van der Waals surface area contributed by atoms with Gasteiger partial charge >= 0.3 is 0 Å². The first-order valence-electron chi connectivity index (χ1n) is 5.31. The van der Waals surface area contributed by atoms with Crippen molar-refractivity contribution in [3.63, 3.8) is 0 Å². The molecule has 0 aromatic heterocycles. The van der Waals surface area contributed by atoms with E-state index in [1.54, 1.807) is 25.3 Å².